The van der Waals surface area contributed by atoms with Gasteiger partial charge in [-0.25, -0.2) is 17.8 Å². The first kappa shape index (κ1) is 17.8. The lowest BCUT2D eigenvalue weighted by molar-refractivity contribution is 0.0945. The minimum absolute atomic E-state index is 0.0770. The number of ether oxygens (including phenoxy) is 1. The average Bonchev–Trinajstić information content (AvgIpc) is 2.93. The van der Waals surface area contributed by atoms with Crippen molar-refractivity contribution in [1.29, 1.82) is 0 Å². The summed E-state index contributed by atoms with van der Waals surface area (Å²) < 4.78 is 40.8. The second-order valence-corrected chi connectivity index (χ2v) is 7.48. The summed E-state index contributed by atoms with van der Waals surface area (Å²) in [6.07, 6.45) is 2.43. The standard InChI is InChI=1S/C16H14FN3O5S/c17-10-1-3-12(4-2-10)25-8-14-18-7-13(16(22)20-14)15(21)19-11-5-6-26(23,24)9-11/h1-7,11H,8-9H2,(H,19,21)(H,18,20,22)/t11-/m1/s1. The molecule has 10 heteroatoms. The molecule has 0 fully saturated rings. The molecule has 0 saturated carbocycles. The first-order valence-corrected chi connectivity index (χ1v) is 9.22. The zero-order valence-corrected chi connectivity index (χ0v) is 14.1. The molecule has 1 aromatic carbocycles. The van der Waals surface area contributed by atoms with Gasteiger partial charge in [-0.3, -0.25) is 9.59 Å². The highest BCUT2D eigenvalue weighted by Gasteiger charge is 2.24. The zero-order valence-electron chi connectivity index (χ0n) is 13.3. The van der Waals surface area contributed by atoms with Crippen molar-refractivity contribution in [3.8, 4) is 5.75 Å². The van der Waals surface area contributed by atoms with Crippen LogP contribution in [0.2, 0.25) is 0 Å². The van der Waals surface area contributed by atoms with Gasteiger partial charge in [-0.15, -0.1) is 0 Å². The van der Waals surface area contributed by atoms with E-state index in [1.54, 1.807) is 0 Å². The van der Waals surface area contributed by atoms with E-state index in [4.69, 9.17) is 4.74 Å². The van der Waals surface area contributed by atoms with Crippen LogP contribution in [0.5, 0.6) is 5.75 Å². The van der Waals surface area contributed by atoms with Crippen molar-refractivity contribution >= 4 is 15.7 Å². The Balaban J connectivity index is 1.63. The van der Waals surface area contributed by atoms with Crippen LogP contribution in [0.25, 0.3) is 0 Å². The van der Waals surface area contributed by atoms with Crippen LogP contribution >= 0.6 is 0 Å². The van der Waals surface area contributed by atoms with Gasteiger partial charge in [-0.05, 0) is 30.3 Å². The number of halogens is 1. The number of aromatic nitrogens is 2. The number of carbonyl (C=O) groups excluding carboxylic acids is 1. The van der Waals surface area contributed by atoms with Crippen LogP contribution in [-0.4, -0.2) is 36.1 Å². The quantitative estimate of drug-likeness (QED) is 0.782. The third-order valence-corrected chi connectivity index (χ3v) is 4.93. The number of amides is 1. The van der Waals surface area contributed by atoms with Gasteiger partial charge in [0.2, 0.25) is 0 Å². The molecule has 8 nitrogen and oxygen atoms in total. The lowest BCUT2D eigenvalue weighted by atomic mass is 10.2. The summed E-state index contributed by atoms with van der Waals surface area (Å²) in [4.78, 5) is 30.5. The molecule has 3 rings (SSSR count). The number of hydrogen-bond acceptors (Lipinski definition) is 6. The highest BCUT2D eigenvalue weighted by atomic mass is 32.2. The number of hydrogen-bond donors (Lipinski definition) is 2. The molecule has 0 spiro atoms. The molecule has 1 aromatic heterocycles. The van der Waals surface area contributed by atoms with Gasteiger partial charge >= 0.3 is 0 Å². The molecule has 2 N–H and O–H groups in total. The lowest BCUT2D eigenvalue weighted by Gasteiger charge is -2.10. The van der Waals surface area contributed by atoms with Crippen molar-refractivity contribution in [3.63, 3.8) is 0 Å². The van der Waals surface area contributed by atoms with Crippen LogP contribution in [0, 0.1) is 5.82 Å². The van der Waals surface area contributed by atoms with Crippen LogP contribution in [0.3, 0.4) is 0 Å². The normalized spacial score (nSPS) is 17.8. The molecule has 1 atom stereocenters. The fraction of sp³-hybridized carbons (Fsp3) is 0.188. The van der Waals surface area contributed by atoms with Crippen molar-refractivity contribution in [3.05, 3.63) is 69.5 Å². The summed E-state index contributed by atoms with van der Waals surface area (Å²) >= 11 is 0. The fourth-order valence-electron chi connectivity index (χ4n) is 2.26. The van der Waals surface area contributed by atoms with Crippen LogP contribution in [0.4, 0.5) is 4.39 Å². The smallest absolute Gasteiger partial charge is 0.263 e. The van der Waals surface area contributed by atoms with Gasteiger partial charge in [0, 0.05) is 11.6 Å². The van der Waals surface area contributed by atoms with Crippen molar-refractivity contribution < 1.29 is 22.3 Å². The summed E-state index contributed by atoms with van der Waals surface area (Å²) in [5, 5.41) is 3.47. The first-order valence-electron chi connectivity index (χ1n) is 7.51. The zero-order chi connectivity index (χ0) is 18.7. The molecule has 0 saturated heterocycles. The maximum atomic E-state index is 12.8. The molecule has 26 heavy (non-hydrogen) atoms. The van der Waals surface area contributed by atoms with Crippen LogP contribution in [0.15, 0.2) is 46.7 Å². The summed E-state index contributed by atoms with van der Waals surface area (Å²) in [5.41, 5.74) is -0.923. The van der Waals surface area contributed by atoms with Crippen molar-refractivity contribution in [2.24, 2.45) is 0 Å². The molecule has 0 aliphatic carbocycles. The SMILES string of the molecule is O=C(N[C@@H]1C=CS(=O)(=O)C1)c1cnc(COc2ccc(F)cc2)[nH]c1=O. The largest absolute Gasteiger partial charge is 0.486 e. The Bertz CT molecular complexity index is 1010. The van der Waals surface area contributed by atoms with Crippen molar-refractivity contribution in [1.82, 2.24) is 15.3 Å². The lowest BCUT2D eigenvalue weighted by Crippen LogP contribution is -2.38. The van der Waals surface area contributed by atoms with Crippen molar-refractivity contribution in [2.75, 3.05) is 5.75 Å². The molecule has 0 unspecified atom stereocenters. The van der Waals surface area contributed by atoms with Gasteiger partial charge in [0.1, 0.15) is 29.6 Å². The number of aromatic amines is 1. The number of carbonyl (C=O) groups is 1. The van der Waals surface area contributed by atoms with E-state index < -0.39 is 33.2 Å². The Kier molecular flexibility index (Phi) is 4.85. The number of nitrogens with one attached hydrogen (secondary N) is 2. The second-order valence-electron chi connectivity index (χ2n) is 5.55. The maximum Gasteiger partial charge on any atom is 0.263 e. The molecule has 0 radical (unpaired) electrons. The molecular formula is C16H14FN3O5S. The summed E-state index contributed by atoms with van der Waals surface area (Å²) in [5.74, 6) is -0.793. The van der Waals surface area contributed by atoms with Crippen LogP contribution in [0.1, 0.15) is 16.2 Å². The van der Waals surface area contributed by atoms with E-state index in [9.17, 15) is 22.4 Å². The Morgan fingerprint density at radius 3 is 2.69 bits per heavy atom. The number of sulfone groups is 1. The highest BCUT2D eigenvalue weighted by Crippen LogP contribution is 2.12. The first-order chi connectivity index (χ1) is 12.3. The second kappa shape index (κ2) is 7.08. The Morgan fingerprint density at radius 2 is 2.08 bits per heavy atom. The van der Waals surface area contributed by atoms with Gasteiger partial charge in [-0.2, -0.15) is 0 Å². The topological polar surface area (TPSA) is 118 Å². The number of H-pyrrole nitrogens is 1. The molecule has 2 aromatic rings. The van der Waals surface area contributed by atoms with E-state index in [2.05, 4.69) is 15.3 Å². The molecule has 1 aliphatic rings. The van der Waals surface area contributed by atoms with Gasteiger partial charge in [-0.1, -0.05) is 0 Å². The molecular weight excluding hydrogens is 365 g/mol. The van der Waals surface area contributed by atoms with Gasteiger partial charge < -0.3 is 15.0 Å². The Labute approximate surface area is 147 Å². The minimum atomic E-state index is -3.31. The Hall–Kier alpha value is -3.01. The predicted octanol–water partition coefficient (Wildman–Crippen LogP) is 0.528. The molecule has 2 heterocycles. The molecule has 0 bridgehead atoms. The van der Waals surface area contributed by atoms with Gasteiger partial charge in [0.25, 0.3) is 11.5 Å². The van der Waals surface area contributed by atoms with Gasteiger partial charge in [0.15, 0.2) is 9.84 Å². The van der Waals surface area contributed by atoms with Crippen LogP contribution in [-0.2, 0) is 16.4 Å². The third kappa shape index (κ3) is 4.33. The van der Waals surface area contributed by atoms with E-state index in [1.165, 1.54) is 30.3 Å². The van der Waals surface area contributed by atoms with E-state index in [0.29, 0.717) is 5.75 Å². The number of benzene rings is 1. The molecule has 1 aliphatic heterocycles. The fourth-order valence-corrected chi connectivity index (χ4v) is 3.50. The molecule has 136 valence electrons. The third-order valence-electron chi connectivity index (χ3n) is 3.53. The van der Waals surface area contributed by atoms with Crippen LogP contribution < -0.4 is 15.6 Å². The minimum Gasteiger partial charge on any atom is -0.486 e. The van der Waals surface area contributed by atoms with E-state index >= 15 is 0 Å². The van der Waals surface area contributed by atoms with E-state index in [0.717, 1.165) is 11.6 Å². The molecule has 1 amide bonds. The van der Waals surface area contributed by atoms with Gasteiger partial charge in [0.05, 0.1) is 11.8 Å². The van der Waals surface area contributed by atoms with Crippen molar-refractivity contribution in [2.45, 2.75) is 12.6 Å². The monoisotopic (exact) mass is 379 g/mol. The van der Waals surface area contributed by atoms with E-state index in [1.807, 2.05) is 0 Å². The number of rotatable bonds is 5. The maximum absolute atomic E-state index is 12.8. The predicted molar refractivity (Wildman–Crippen MR) is 89.8 cm³/mol. The Morgan fingerprint density at radius 1 is 1.35 bits per heavy atom. The van der Waals surface area contributed by atoms with E-state index in [-0.39, 0.29) is 23.7 Å². The summed E-state index contributed by atoms with van der Waals surface area (Å²) in [6.45, 7) is -0.0770. The highest BCUT2D eigenvalue weighted by molar-refractivity contribution is 7.94. The number of nitrogens with zero attached hydrogens (tertiary/aromatic N) is 1. The summed E-state index contributed by atoms with van der Waals surface area (Å²) in [7, 11) is -3.31. The average molecular weight is 379 g/mol. The summed E-state index contributed by atoms with van der Waals surface area (Å²) in [6, 6.07) is 4.64.